The first kappa shape index (κ1) is 16.9. The summed E-state index contributed by atoms with van der Waals surface area (Å²) >= 11 is 0. The lowest BCUT2D eigenvalue weighted by Gasteiger charge is -2.39. The van der Waals surface area contributed by atoms with Crippen molar-refractivity contribution in [3.63, 3.8) is 0 Å². The number of hydrogen-bond acceptors (Lipinski definition) is 7. The largest absolute Gasteiger partial charge is 0.508 e. The maximum atomic E-state index is 9.77. The molecule has 1 aliphatic heterocycles. The molecule has 0 bridgehead atoms. The maximum Gasteiger partial charge on any atom is 0.187 e. The number of benzene rings is 1. The summed E-state index contributed by atoms with van der Waals surface area (Å²) in [5, 5.41) is 47.2. The van der Waals surface area contributed by atoms with Gasteiger partial charge in [0.15, 0.2) is 6.29 Å². The fraction of sp³-hybridized carbons (Fsp3) is 0.467. The SMILES string of the molecule is OC[C@H]1OC(OCC=Cc2ccc(O)cc2)[C@H](O)[C@@H](O)[C@@H]1O. The number of rotatable bonds is 5. The van der Waals surface area contributed by atoms with Gasteiger partial charge in [0.1, 0.15) is 30.2 Å². The summed E-state index contributed by atoms with van der Waals surface area (Å²) in [5.41, 5.74) is 0.857. The fourth-order valence-electron chi connectivity index (χ4n) is 2.13. The minimum Gasteiger partial charge on any atom is -0.508 e. The van der Waals surface area contributed by atoms with Gasteiger partial charge in [-0.2, -0.15) is 0 Å². The van der Waals surface area contributed by atoms with Crippen LogP contribution >= 0.6 is 0 Å². The Hall–Kier alpha value is -1.48. The second-order valence-corrected chi connectivity index (χ2v) is 5.02. The monoisotopic (exact) mass is 312 g/mol. The molecule has 7 heteroatoms. The Labute approximate surface area is 127 Å². The normalized spacial score (nSPS) is 32.5. The molecule has 1 aliphatic rings. The maximum absolute atomic E-state index is 9.77. The van der Waals surface area contributed by atoms with Crippen LogP contribution in [0.4, 0.5) is 0 Å². The van der Waals surface area contributed by atoms with Crippen LogP contribution in [0.3, 0.4) is 0 Å². The number of hydrogen-bond donors (Lipinski definition) is 5. The van der Waals surface area contributed by atoms with Crippen LogP contribution < -0.4 is 0 Å². The first-order valence-electron chi connectivity index (χ1n) is 6.90. The molecule has 122 valence electrons. The third kappa shape index (κ3) is 4.04. The van der Waals surface area contributed by atoms with E-state index in [9.17, 15) is 15.3 Å². The van der Waals surface area contributed by atoms with Crippen molar-refractivity contribution in [1.82, 2.24) is 0 Å². The molecule has 1 saturated heterocycles. The molecule has 1 aromatic carbocycles. The van der Waals surface area contributed by atoms with Gasteiger partial charge >= 0.3 is 0 Å². The second-order valence-electron chi connectivity index (χ2n) is 5.02. The number of aliphatic hydroxyl groups is 4. The quantitative estimate of drug-likeness (QED) is 0.484. The predicted octanol–water partition coefficient (Wildman–Crippen LogP) is -0.778. The number of aromatic hydroxyl groups is 1. The molecule has 0 amide bonds. The Morgan fingerprint density at radius 3 is 2.36 bits per heavy atom. The van der Waals surface area contributed by atoms with Crippen LogP contribution in [0.2, 0.25) is 0 Å². The van der Waals surface area contributed by atoms with Gasteiger partial charge in [0.25, 0.3) is 0 Å². The third-order valence-electron chi connectivity index (χ3n) is 3.41. The molecule has 1 unspecified atom stereocenters. The van der Waals surface area contributed by atoms with Crippen molar-refractivity contribution < 1.29 is 35.0 Å². The van der Waals surface area contributed by atoms with E-state index < -0.39 is 37.3 Å². The van der Waals surface area contributed by atoms with Crippen LogP contribution in [-0.2, 0) is 9.47 Å². The van der Waals surface area contributed by atoms with Crippen molar-refractivity contribution in [3.05, 3.63) is 35.9 Å². The molecule has 22 heavy (non-hydrogen) atoms. The predicted molar refractivity (Wildman–Crippen MR) is 76.9 cm³/mol. The zero-order valence-corrected chi connectivity index (χ0v) is 11.8. The molecular formula is C15H20O7. The minimum absolute atomic E-state index is 0.101. The van der Waals surface area contributed by atoms with Crippen molar-refractivity contribution in [3.8, 4) is 5.75 Å². The average molecular weight is 312 g/mol. The average Bonchev–Trinajstić information content (AvgIpc) is 2.53. The van der Waals surface area contributed by atoms with Crippen molar-refractivity contribution in [1.29, 1.82) is 0 Å². The lowest BCUT2D eigenvalue weighted by atomic mass is 9.99. The highest BCUT2D eigenvalue weighted by Gasteiger charge is 2.43. The van der Waals surface area contributed by atoms with Gasteiger partial charge in [-0.15, -0.1) is 0 Å². The molecule has 1 fully saturated rings. The van der Waals surface area contributed by atoms with Gasteiger partial charge in [-0.1, -0.05) is 24.3 Å². The zero-order chi connectivity index (χ0) is 16.1. The third-order valence-corrected chi connectivity index (χ3v) is 3.41. The van der Waals surface area contributed by atoms with Crippen molar-refractivity contribution >= 4 is 6.08 Å². The fourth-order valence-corrected chi connectivity index (χ4v) is 2.13. The van der Waals surface area contributed by atoms with E-state index in [1.165, 1.54) is 0 Å². The van der Waals surface area contributed by atoms with Gasteiger partial charge in [0.05, 0.1) is 13.2 Å². The Morgan fingerprint density at radius 2 is 1.73 bits per heavy atom. The molecule has 0 radical (unpaired) electrons. The van der Waals surface area contributed by atoms with Gasteiger partial charge in [-0.3, -0.25) is 0 Å². The van der Waals surface area contributed by atoms with Crippen molar-refractivity contribution in [2.24, 2.45) is 0 Å². The van der Waals surface area contributed by atoms with Gasteiger partial charge < -0.3 is 35.0 Å². The summed E-state index contributed by atoms with van der Waals surface area (Å²) in [7, 11) is 0. The summed E-state index contributed by atoms with van der Waals surface area (Å²) in [4.78, 5) is 0. The molecule has 0 spiro atoms. The Kier molecular flexibility index (Phi) is 5.90. The highest BCUT2D eigenvalue weighted by atomic mass is 16.7. The Morgan fingerprint density at radius 1 is 1.05 bits per heavy atom. The summed E-state index contributed by atoms with van der Waals surface area (Å²) in [5.74, 6) is 0.176. The summed E-state index contributed by atoms with van der Waals surface area (Å²) < 4.78 is 10.5. The van der Waals surface area contributed by atoms with Crippen LogP contribution in [-0.4, -0.2) is 69.5 Å². The summed E-state index contributed by atoms with van der Waals surface area (Å²) in [6.45, 7) is -0.391. The van der Waals surface area contributed by atoms with E-state index in [1.54, 1.807) is 36.4 Å². The molecule has 5 atom stereocenters. The van der Waals surface area contributed by atoms with E-state index in [2.05, 4.69) is 0 Å². The molecule has 0 aliphatic carbocycles. The van der Waals surface area contributed by atoms with Crippen molar-refractivity contribution in [2.45, 2.75) is 30.7 Å². The van der Waals surface area contributed by atoms with E-state index in [4.69, 9.17) is 19.7 Å². The highest BCUT2D eigenvalue weighted by molar-refractivity contribution is 5.50. The zero-order valence-electron chi connectivity index (χ0n) is 11.8. The Bertz CT molecular complexity index is 485. The lowest BCUT2D eigenvalue weighted by Crippen LogP contribution is -2.59. The van der Waals surface area contributed by atoms with Gasteiger partial charge in [-0.25, -0.2) is 0 Å². The summed E-state index contributed by atoms with van der Waals surface area (Å²) in [6.07, 6.45) is -2.94. The number of phenols is 1. The molecule has 1 aromatic rings. The smallest absolute Gasteiger partial charge is 0.187 e. The molecule has 0 saturated carbocycles. The number of aliphatic hydroxyl groups excluding tert-OH is 4. The van der Waals surface area contributed by atoms with E-state index in [0.29, 0.717) is 0 Å². The number of ether oxygens (including phenoxy) is 2. The molecule has 5 N–H and O–H groups in total. The highest BCUT2D eigenvalue weighted by Crippen LogP contribution is 2.22. The topological polar surface area (TPSA) is 120 Å². The minimum atomic E-state index is -1.45. The first-order valence-corrected chi connectivity index (χ1v) is 6.90. The molecule has 1 heterocycles. The van der Waals surface area contributed by atoms with E-state index >= 15 is 0 Å². The van der Waals surface area contributed by atoms with Crippen LogP contribution in [0, 0.1) is 0 Å². The van der Waals surface area contributed by atoms with Crippen LogP contribution in [0.1, 0.15) is 5.56 Å². The molecule has 7 nitrogen and oxygen atoms in total. The molecule has 0 aromatic heterocycles. The summed E-state index contributed by atoms with van der Waals surface area (Å²) in [6, 6.07) is 6.55. The lowest BCUT2D eigenvalue weighted by molar-refractivity contribution is -0.298. The van der Waals surface area contributed by atoms with Crippen LogP contribution in [0.15, 0.2) is 30.3 Å². The standard InChI is InChI=1S/C15H20O7/c16-8-11-12(18)13(19)14(20)15(22-11)21-7-1-2-9-3-5-10(17)6-4-9/h1-6,11-20H,7-8H2/t11-,12-,13+,14-,15?/m1/s1. The van der Waals surface area contributed by atoms with Crippen LogP contribution in [0.5, 0.6) is 5.75 Å². The van der Waals surface area contributed by atoms with E-state index in [1.807, 2.05) is 0 Å². The Balaban J connectivity index is 1.86. The number of phenolic OH excluding ortho intramolecular Hbond substituents is 1. The first-order chi connectivity index (χ1) is 10.5. The van der Waals surface area contributed by atoms with E-state index in [-0.39, 0.29) is 12.4 Å². The van der Waals surface area contributed by atoms with Gasteiger partial charge in [0.2, 0.25) is 0 Å². The van der Waals surface area contributed by atoms with Gasteiger partial charge in [-0.05, 0) is 17.7 Å². The van der Waals surface area contributed by atoms with Crippen molar-refractivity contribution in [2.75, 3.05) is 13.2 Å². The van der Waals surface area contributed by atoms with E-state index in [0.717, 1.165) is 5.56 Å². The second kappa shape index (κ2) is 7.68. The molecule has 2 rings (SSSR count). The molecular weight excluding hydrogens is 292 g/mol. The van der Waals surface area contributed by atoms with Crippen LogP contribution in [0.25, 0.3) is 6.08 Å². The van der Waals surface area contributed by atoms with Gasteiger partial charge in [0, 0.05) is 0 Å².